The summed E-state index contributed by atoms with van der Waals surface area (Å²) in [5.41, 5.74) is 0. The zero-order chi connectivity index (χ0) is 11.8. The molecule has 2 fully saturated rings. The first-order chi connectivity index (χ1) is 7.57. The van der Waals surface area contributed by atoms with Crippen LogP contribution in [0.4, 0.5) is 8.78 Å². The van der Waals surface area contributed by atoms with Gasteiger partial charge in [-0.1, -0.05) is 0 Å². The SMILES string of the molecule is CCOC(=O)CC1C(C2CCCN2)C1(F)F. The van der Waals surface area contributed by atoms with Gasteiger partial charge in [0.15, 0.2) is 0 Å². The van der Waals surface area contributed by atoms with E-state index in [-0.39, 0.29) is 19.1 Å². The summed E-state index contributed by atoms with van der Waals surface area (Å²) in [5.74, 6) is -4.68. The molecule has 1 N–H and O–H groups in total. The van der Waals surface area contributed by atoms with Crippen molar-refractivity contribution in [2.45, 2.75) is 38.2 Å². The molecule has 5 heteroatoms. The molecule has 2 rings (SSSR count). The highest BCUT2D eigenvalue weighted by molar-refractivity contribution is 5.70. The summed E-state index contributed by atoms with van der Waals surface area (Å²) in [6.07, 6.45) is 1.59. The lowest BCUT2D eigenvalue weighted by Gasteiger charge is -2.07. The molecular weight excluding hydrogens is 216 g/mol. The summed E-state index contributed by atoms with van der Waals surface area (Å²) >= 11 is 0. The maximum absolute atomic E-state index is 13.5. The number of esters is 1. The van der Waals surface area contributed by atoms with Gasteiger partial charge in [-0.25, -0.2) is 8.78 Å². The molecule has 3 nitrogen and oxygen atoms in total. The van der Waals surface area contributed by atoms with Gasteiger partial charge in [0.25, 0.3) is 5.92 Å². The molecule has 92 valence electrons. The van der Waals surface area contributed by atoms with Gasteiger partial charge in [-0.3, -0.25) is 4.79 Å². The Morgan fingerprint density at radius 3 is 2.88 bits per heavy atom. The Labute approximate surface area is 93.5 Å². The van der Waals surface area contributed by atoms with Gasteiger partial charge in [-0.15, -0.1) is 0 Å². The van der Waals surface area contributed by atoms with Crippen molar-refractivity contribution >= 4 is 5.97 Å². The Kier molecular flexibility index (Phi) is 3.15. The number of nitrogens with one attached hydrogen (secondary N) is 1. The van der Waals surface area contributed by atoms with Gasteiger partial charge in [0.1, 0.15) is 0 Å². The summed E-state index contributed by atoms with van der Waals surface area (Å²) in [6, 6.07) is -0.116. The lowest BCUT2D eigenvalue weighted by molar-refractivity contribution is -0.144. The summed E-state index contributed by atoms with van der Waals surface area (Å²) in [7, 11) is 0. The zero-order valence-electron chi connectivity index (χ0n) is 9.34. The Hall–Kier alpha value is -0.710. The van der Waals surface area contributed by atoms with Crippen molar-refractivity contribution in [2.75, 3.05) is 13.2 Å². The molecule has 1 saturated heterocycles. The van der Waals surface area contributed by atoms with Crippen LogP contribution in [0.3, 0.4) is 0 Å². The van der Waals surface area contributed by atoms with Crippen molar-refractivity contribution in [2.24, 2.45) is 11.8 Å². The molecular formula is C11H17F2NO2. The first kappa shape index (κ1) is 11.8. The van der Waals surface area contributed by atoms with Crippen LogP contribution in [-0.4, -0.2) is 31.1 Å². The molecule has 0 aromatic carbocycles. The van der Waals surface area contributed by atoms with Crippen molar-refractivity contribution in [1.82, 2.24) is 5.32 Å². The first-order valence-corrected chi connectivity index (χ1v) is 5.84. The second-order valence-electron chi connectivity index (χ2n) is 4.52. The molecule has 1 saturated carbocycles. The van der Waals surface area contributed by atoms with Gasteiger partial charge in [0.2, 0.25) is 0 Å². The minimum absolute atomic E-state index is 0.116. The average molecular weight is 233 g/mol. The van der Waals surface area contributed by atoms with Crippen LogP contribution in [0.1, 0.15) is 26.2 Å². The van der Waals surface area contributed by atoms with Crippen LogP contribution in [-0.2, 0) is 9.53 Å². The molecule has 3 unspecified atom stereocenters. The monoisotopic (exact) mass is 233 g/mol. The Balaban J connectivity index is 1.88. The first-order valence-electron chi connectivity index (χ1n) is 5.84. The average Bonchev–Trinajstić information content (AvgIpc) is 2.65. The highest BCUT2D eigenvalue weighted by atomic mass is 19.3. The molecule has 0 amide bonds. The van der Waals surface area contributed by atoms with E-state index in [2.05, 4.69) is 5.32 Å². The molecule has 0 radical (unpaired) electrons. The second-order valence-corrected chi connectivity index (χ2v) is 4.52. The Morgan fingerprint density at radius 1 is 1.56 bits per heavy atom. The van der Waals surface area contributed by atoms with Crippen LogP contribution in [0.5, 0.6) is 0 Å². The van der Waals surface area contributed by atoms with Gasteiger partial charge in [0, 0.05) is 17.9 Å². The van der Waals surface area contributed by atoms with E-state index in [1.165, 1.54) is 0 Å². The van der Waals surface area contributed by atoms with Crippen molar-refractivity contribution < 1.29 is 18.3 Å². The normalized spacial score (nSPS) is 36.1. The summed E-state index contributed by atoms with van der Waals surface area (Å²) in [4.78, 5) is 11.2. The van der Waals surface area contributed by atoms with E-state index in [9.17, 15) is 13.6 Å². The molecule has 16 heavy (non-hydrogen) atoms. The van der Waals surface area contributed by atoms with Gasteiger partial charge < -0.3 is 10.1 Å². The fourth-order valence-corrected chi connectivity index (χ4v) is 2.65. The summed E-state index contributed by atoms with van der Waals surface area (Å²) < 4.78 is 31.6. The van der Waals surface area contributed by atoms with Crippen molar-refractivity contribution in [1.29, 1.82) is 0 Å². The van der Waals surface area contributed by atoms with Gasteiger partial charge in [-0.2, -0.15) is 0 Å². The predicted octanol–water partition coefficient (Wildman–Crippen LogP) is 1.57. The van der Waals surface area contributed by atoms with Crippen LogP contribution in [0.2, 0.25) is 0 Å². The minimum Gasteiger partial charge on any atom is -0.466 e. The molecule has 2 aliphatic rings. The van der Waals surface area contributed by atoms with Crippen LogP contribution in [0, 0.1) is 11.8 Å². The molecule has 1 heterocycles. The van der Waals surface area contributed by atoms with E-state index >= 15 is 0 Å². The third-order valence-electron chi connectivity index (χ3n) is 3.49. The fraction of sp³-hybridized carbons (Fsp3) is 0.909. The lowest BCUT2D eigenvalue weighted by atomic mass is 10.1. The highest BCUT2D eigenvalue weighted by Gasteiger charge is 2.70. The maximum atomic E-state index is 13.5. The third-order valence-corrected chi connectivity index (χ3v) is 3.49. The molecule has 0 aromatic heterocycles. The smallest absolute Gasteiger partial charge is 0.306 e. The summed E-state index contributed by atoms with van der Waals surface area (Å²) in [6.45, 7) is 2.74. The zero-order valence-corrected chi connectivity index (χ0v) is 9.34. The van der Waals surface area contributed by atoms with E-state index in [0.717, 1.165) is 19.4 Å². The van der Waals surface area contributed by atoms with Crippen LogP contribution in [0.15, 0.2) is 0 Å². The molecule has 1 aliphatic heterocycles. The molecule has 1 aliphatic carbocycles. The predicted molar refractivity (Wildman–Crippen MR) is 54.2 cm³/mol. The fourth-order valence-electron chi connectivity index (χ4n) is 2.65. The van der Waals surface area contributed by atoms with Crippen LogP contribution in [0.25, 0.3) is 0 Å². The van der Waals surface area contributed by atoms with Crippen LogP contribution < -0.4 is 5.32 Å². The lowest BCUT2D eigenvalue weighted by Crippen LogP contribution is -2.26. The number of ether oxygens (including phenoxy) is 1. The van der Waals surface area contributed by atoms with E-state index in [1.807, 2.05) is 0 Å². The molecule has 0 bridgehead atoms. The number of alkyl halides is 2. The standard InChI is InChI=1S/C11H17F2NO2/c1-2-16-9(15)6-7-10(11(7,12)13)8-4-3-5-14-8/h7-8,10,14H,2-6H2,1H3. The number of rotatable bonds is 4. The van der Waals surface area contributed by atoms with E-state index in [0.29, 0.717) is 0 Å². The van der Waals surface area contributed by atoms with E-state index in [4.69, 9.17) is 4.74 Å². The number of hydrogen-bond donors (Lipinski definition) is 1. The molecule has 3 atom stereocenters. The van der Waals surface area contributed by atoms with Crippen molar-refractivity contribution in [3.8, 4) is 0 Å². The maximum Gasteiger partial charge on any atom is 0.306 e. The van der Waals surface area contributed by atoms with Crippen molar-refractivity contribution in [3.63, 3.8) is 0 Å². The quantitative estimate of drug-likeness (QED) is 0.749. The number of hydrogen-bond acceptors (Lipinski definition) is 3. The minimum atomic E-state index is -2.69. The number of carbonyl (C=O) groups is 1. The summed E-state index contributed by atoms with van der Waals surface area (Å²) in [5, 5.41) is 3.08. The Morgan fingerprint density at radius 2 is 2.31 bits per heavy atom. The topological polar surface area (TPSA) is 38.3 Å². The highest BCUT2D eigenvalue weighted by Crippen LogP contribution is 2.59. The van der Waals surface area contributed by atoms with E-state index < -0.39 is 23.7 Å². The van der Waals surface area contributed by atoms with Crippen molar-refractivity contribution in [3.05, 3.63) is 0 Å². The van der Waals surface area contributed by atoms with Gasteiger partial charge >= 0.3 is 5.97 Å². The van der Waals surface area contributed by atoms with Gasteiger partial charge in [0.05, 0.1) is 13.0 Å². The number of halogens is 2. The second kappa shape index (κ2) is 4.28. The largest absolute Gasteiger partial charge is 0.466 e. The molecule has 0 spiro atoms. The number of carbonyl (C=O) groups excluding carboxylic acids is 1. The Bertz CT molecular complexity index is 277. The van der Waals surface area contributed by atoms with Gasteiger partial charge in [-0.05, 0) is 26.3 Å². The van der Waals surface area contributed by atoms with Crippen LogP contribution >= 0.6 is 0 Å². The third kappa shape index (κ3) is 2.05. The van der Waals surface area contributed by atoms with E-state index in [1.54, 1.807) is 6.92 Å². The molecule has 0 aromatic rings.